The van der Waals surface area contributed by atoms with Gasteiger partial charge in [-0.3, -0.25) is 4.90 Å². The smallest absolute Gasteiger partial charge is 0.227 e. The molecular formula is C11H20N6. The van der Waals surface area contributed by atoms with E-state index in [1.807, 2.05) is 6.92 Å². The van der Waals surface area contributed by atoms with E-state index >= 15 is 0 Å². The lowest BCUT2D eigenvalue weighted by atomic mass is 10.2. The molecule has 1 aliphatic heterocycles. The Labute approximate surface area is 102 Å². The van der Waals surface area contributed by atoms with Crippen LogP contribution in [-0.4, -0.2) is 53.6 Å². The van der Waals surface area contributed by atoms with Gasteiger partial charge in [0.05, 0.1) is 0 Å². The lowest BCUT2D eigenvalue weighted by Crippen LogP contribution is -2.49. The zero-order valence-electron chi connectivity index (χ0n) is 10.2. The monoisotopic (exact) mass is 236 g/mol. The molecule has 0 aromatic carbocycles. The van der Waals surface area contributed by atoms with E-state index in [9.17, 15) is 0 Å². The van der Waals surface area contributed by atoms with Crippen LogP contribution in [0.2, 0.25) is 0 Å². The number of hydrogen-bond acceptors (Lipinski definition) is 6. The van der Waals surface area contributed by atoms with E-state index in [4.69, 9.17) is 11.5 Å². The number of piperazine rings is 1. The molecule has 2 rings (SSSR count). The van der Waals surface area contributed by atoms with Crippen molar-refractivity contribution in [3.63, 3.8) is 0 Å². The van der Waals surface area contributed by atoms with Crippen molar-refractivity contribution in [2.45, 2.75) is 13.0 Å². The van der Waals surface area contributed by atoms with Gasteiger partial charge in [0, 0.05) is 45.0 Å². The van der Waals surface area contributed by atoms with Gasteiger partial charge < -0.3 is 16.4 Å². The second-order valence-electron chi connectivity index (χ2n) is 4.55. The maximum absolute atomic E-state index is 5.79. The molecule has 0 spiro atoms. The Morgan fingerprint density at radius 3 is 2.65 bits per heavy atom. The number of nitrogens with two attached hydrogens (primary N) is 2. The first-order valence-corrected chi connectivity index (χ1v) is 5.96. The number of rotatable bonds is 3. The summed E-state index contributed by atoms with van der Waals surface area (Å²) in [5, 5.41) is 0. The van der Waals surface area contributed by atoms with E-state index in [0.717, 1.165) is 38.7 Å². The average molecular weight is 236 g/mol. The van der Waals surface area contributed by atoms with Gasteiger partial charge in [-0.2, -0.15) is 4.98 Å². The van der Waals surface area contributed by atoms with Crippen molar-refractivity contribution >= 4 is 11.8 Å². The molecule has 0 bridgehead atoms. The summed E-state index contributed by atoms with van der Waals surface area (Å²) in [7, 11) is 0. The van der Waals surface area contributed by atoms with Gasteiger partial charge in [-0.15, -0.1) is 0 Å². The number of nitrogens with zero attached hydrogens (tertiary/aromatic N) is 4. The largest absolute Gasteiger partial charge is 0.384 e. The van der Waals surface area contributed by atoms with Gasteiger partial charge in [0.1, 0.15) is 5.82 Å². The second-order valence-corrected chi connectivity index (χ2v) is 4.55. The summed E-state index contributed by atoms with van der Waals surface area (Å²) < 4.78 is 0. The Bertz CT molecular complexity index is 359. The van der Waals surface area contributed by atoms with Gasteiger partial charge in [-0.1, -0.05) is 0 Å². The molecular weight excluding hydrogens is 216 g/mol. The van der Waals surface area contributed by atoms with Gasteiger partial charge >= 0.3 is 0 Å². The zero-order chi connectivity index (χ0) is 12.3. The van der Waals surface area contributed by atoms with Crippen molar-refractivity contribution in [1.82, 2.24) is 14.9 Å². The molecule has 6 heteroatoms. The third-order valence-electron chi connectivity index (χ3n) is 2.87. The molecule has 0 aliphatic carbocycles. The summed E-state index contributed by atoms with van der Waals surface area (Å²) in [5.41, 5.74) is 11.4. The molecule has 0 radical (unpaired) electrons. The predicted molar refractivity (Wildman–Crippen MR) is 68.7 cm³/mol. The van der Waals surface area contributed by atoms with Crippen LogP contribution in [0.4, 0.5) is 11.8 Å². The fourth-order valence-corrected chi connectivity index (χ4v) is 2.05. The SMILES string of the molecule is C[C@@H](N)CN1CCN(c2nccc(N)n2)CC1. The minimum atomic E-state index is 0.227. The lowest BCUT2D eigenvalue weighted by Gasteiger charge is -2.35. The van der Waals surface area contributed by atoms with Gasteiger partial charge in [0.15, 0.2) is 0 Å². The quantitative estimate of drug-likeness (QED) is 0.738. The Kier molecular flexibility index (Phi) is 3.75. The van der Waals surface area contributed by atoms with Crippen LogP contribution in [0.3, 0.4) is 0 Å². The Balaban J connectivity index is 1.91. The molecule has 4 N–H and O–H groups in total. The fraction of sp³-hybridized carbons (Fsp3) is 0.636. The highest BCUT2D eigenvalue weighted by molar-refractivity contribution is 5.38. The molecule has 1 saturated heterocycles. The minimum absolute atomic E-state index is 0.227. The molecule has 17 heavy (non-hydrogen) atoms. The van der Waals surface area contributed by atoms with Crippen molar-refractivity contribution in [1.29, 1.82) is 0 Å². The van der Waals surface area contributed by atoms with Crippen LogP contribution >= 0.6 is 0 Å². The number of aromatic nitrogens is 2. The summed E-state index contributed by atoms with van der Waals surface area (Å²) in [4.78, 5) is 13.0. The summed E-state index contributed by atoms with van der Waals surface area (Å²) in [6.45, 7) is 6.84. The van der Waals surface area contributed by atoms with Crippen molar-refractivity contribution in [2.24, 2.45) is 5.73 Å². The van der Waals surface area contributed by atoms with Crippen LogP contribution in [-0.2, 0) is 0 Å². The number of hydrogen-bond donors (Lipinski definition) is 2. The molecule has 1 aromatic rings. The van der Waals surface area contributed by atoms with Gasteiger partial charge in [-0.05, 0) is 13.0 Å². The molecule has 0 amide bonds. The average Bonchev–Trinajstić information content (AvgIpc) is 2.29. The highest BCUT2D eigenvalue weighted by Gasteiger charge is 2.19. The number of anilines is 2. The summed E-state index contributed by atoms with van der Waals surface area (Å²) >= 11 is 0. The van der Waals surface area contributed by atoms with Crippen LogP contribution in [0.5, 0.6) is 0 Å². The van der Waals surface area contributed by atoms with Crippen molar-refractivity contribution in [3.05, 3.63) is 12.3 Å². The standard InChI is InChI=1S/C11H20N6/c1-9(12)8-16-4-6-17(7-5-16)11-14-3-2-10(13)15-11/h2-3,9H,4-8,12H2,1H3,(H2,13,14,15)/t9-/m1/s1. The highest BCUT2D eigenvalue weighted by Crippen LogP contribution is 2.11. The van der Waals surface area contributed by atoms with Gasteiger partial charge in [-0.25, -0.2) is 4.98 Å². The second kappa shape index (κ2) is 5.29. The summed E-state index contributed by atoms with van der Waals surface area (Å²) in [6.07, 6.45) is 1.70. The van der Waals surface area contributed by atoms with E-state index in [0.29, 0.717) is 5.82 Å². The van der Waals surface area contributed by atoms with E-state index in [1.165, 1.54) is 0 Å². The van der Waals surface area contributed by atoms with Crippen LogP contribution < -0.4 is 16.4 Å². The van der Waals surface area contributed by atoms with Crippen molar-refractivity contribution in [3.8, 4) is 0 Å². The lowest BCUT2D eigenvalue weighted by molar-refractivity contribution is 0.245. The Morgan fingerprint density at radius 2 is 2.06 bits per heavy atom. The molecule has 1 atom stereocenters. The predicted octanol–water partition coefficient (Wildman–Crippen LogP) is -0.472. The van der Waals surface area contributed by atoms with E-state index in [1.54, 1.807) is 12.3 Å². The van der Waals surface area contributed by atoms with Crippen molar-refractivity contribution in [2.75, 3.05) is 43.4 Å². The molecule has 1 aromatic heterocycles. The third kappa shape index (κ3) is 3.28. The minimum Gasteiger partial charge on any atom is -0.384 e. The Hall–Kier alpha value is -1.40. The Morgan fingerprint density at radius 1 is 1.35 bits per heavy atom. The molecule has 6 nitrogen and oxygen atoms in total. The van der Waals surface area contributed by atoms with Crippen LogP contribution in [0.15, 0.2) is 12.3 Å². The topological polar surface area (TPSA) is 84.3 Å². The highest BCUT2D eigenvalue weighted by atomic mass is 15.3. The molecule has 1 fully saturated rings. The maximum Gasteiger partial charge on any atom is 0.227 e. The zero-order valence-corrected chi connectivity index (χ0v) is 10.2. The van der Waals surface area contributed by atoms with Crippen LogP contribution in [0, 0.1) is 0 Å². The van der Waals surface area contributed by atoms with E-state index in [-0.39, 0.29) is 6.04 Å². The normalized spacial score (nSPS) is 19.3. The van der Waals surface area contributed by atoms with Gasteiger partial charge in [0.2, 0.25) is 5.95 Å². The van der Waals surface area contributed by atoms with Crippen LogP contribution in [0.25, 0.3) is 0 Å². The maximum atomic E-state index is 5.79. The van der Waals surface area contributed by atoms with Gasteiger partial charge in [0.25, 0.3) is 0 Å². The van der Waals surface area contributed by atoms with E-state index in [2.05, 4.69) is 19.8 Å². The number of nitrogen functional groups attached to an aromatic ring is 1. The third-order valence-corrected chi connectivity index (χ3v) is 2.87. The van der Waals surface area contributed by atoms with E-state index < -0.39 is 0 Å². The first-order chi connectivity index (χ1) is 8.15. The molecule has 0 unspecified atom stereocenters. The summed E-state index contributed by atoms with van der Waals surface area (Å²) in [6, 6.07) is 1.93. The molecule has 1 aliphatic rings. The first-order valence-electron chi connectivity index (χ1n) is 5.96. The molecule has 94 valence electrons. The van der Waals surface area contributed by atoms with Crippen LogP contribution in [0.1, 0.15) is 6.92 Å². The van der Waals surface area contributed by atoms with Crippen molar-refractivity contribution < 1.29 is 0 Å². The first kappa shape index (κ1) is 12.1. The summed E-state index contributed by atoms with van der Waals surface area (Å²) in [5.74, 6) is 1.25. The fourth-order valence-electron chi connectivity index (χ4n) is 2.05. The molecule has 2 heterocycles. The molecule has 0 saturated carbocycles.